The van der Waals surface area contributed by atoms with Crippen LogP contribution in [0.15, 0.2) is 24.3 Å². The average Bonchev–Trinajstić information content (AvgIpc) is 2.44. The van der Waals surface area contributed by atoms with E-state index in [1.165, 1.54) is 0 Å². The lowest BCUT2D eigenvalue weighted by Crippen LogP contribution is -2.39. The summed E-state index contributed by atoms with van der Waals surface area (Å²) in [6, 6.07) is 8.76. The van der Waals surface area contributed by atoms with Crippen molar-refractivity contribution in [2.45, 2.75) is 45.5 Å². The zero-order chi connectivity index (χ0) is 16.3. The molecule has 6 heteroatoms. The van der Waals surface area contributed by atoms with Gasteiger partial charge in [0, 0.05) is 23.0 Å². The normalized spacial score (nSPS) is 11.4. The highest BCUT2D eigenvalue weighted by Crippen LogP contribution is 2.20. The summed E-state index contributed by atoms with van der Waals surface area (Å²) in [4.78, 5) is 10.1. The minimum absolute atomic E-state index is 0.392. The highest BCUT2D eigenvalue weighted by Gasteiger charge is 2.17. The standard InChI is InChI=1S/C16H21N3S3/c1-10(2)19(11(3)4)16(21)22-9-14-17-13-8-6-5-7-12(13)15(20)18-14/h5-8,10-11H,9H2,1-4H3,(H,17,18,20). The largest absolute Gasteiger partial charge is 0.353 e. The van der Waals surface area contributed by atoms with Gasteiger partial charge in [-0.25, -0.2) is 4.98 Å². The summed E-state index contributed by atoms with van der Waals surface area (Å²) in [6.07, 6.45) is 0. The zero-order valence-corrected chi connectivity index (χ0v) is 15.7. The predicted octanol–water partition coefficient (Wildman–Crippen LogP) is 4.93. The van der Waals surface area contributed by atoms with Crippen LogP contribution in [0, 0.1) is 4.64 Å². The molecule has 1 aromatic carbocycles. The summed E-state index contributed by atoms with van der Waals surface area (Å²) < 4.78 is 1.54. The van der Waals surface area contributed by atoms with E-state index in [-0.39, 0.29) is 0 Å². The molecule has 2 aromatic rings. The molecular weight excluding hydrogens is 330 g/mol. The Morgan fingerprint density at radius 2 is 1.86 bits per heavy atom. The highest BCUT2D eigenvalue weighted by atomic mass is 32.2. The number of aromatic amines is 1. The van der Waals surface area contributed by atoms with Gasteiger partial charge in [0.2, 0.25) is 0 Å². The van der Waals surface area contributed by atoms with Crippen molar-refractivity contribution in [3.05, 3.63) is 34.7 Å². The molecule has 0 spiro atoms. The minimum atomic E-state index is 0.392. The molecule has 1 heterocycles. The van der Waals surface area contributed by atoms with Crippen molar-refractivity contribution in [1.29, 1.82) is 0 Å². The van der Waals surface area contributed by atoms with E-state index >= 15 is 0 Å². The lowest BCUT2D eigenvalue weighted by atomic mass is 10.2. The van der Waals surface area contributed by atoms with Crippen molar-refractivity contribution >= 4 is 51.4 Å². The van der Waals surface area contributed by atoms with Crippen molar-refractivity contribution in [2.24, 2.45) is 0 Å². The summed E-state index contributed by atoms with van der Waals surface area (Å²) in [5.74, 6) is 1.56. The third-order valence-electron chi connectivity index (χ3n) is 3.33. The number of hydrogen-bond acceptors (Lipinski definition) is 4. The summed E-state index contributed by atoms with van der Waals surface area (Å²) in [6.45, 7) is 8.65. The Balaban J connectivity index is 2.15. The molecule has 2 rings (SSSR count). The molecule has 0 aliphatic rings. The zero-order valence-electron chi connectivity index (χ0n) is 13.3. The van der Waals surface area contributed by atoms with Crippen LogP contribution in [-0.2, 0) is 5.75 Å². The molecule has 1 aromatic heterocycles. The van der Waals surface area contributed by atoms with Gasteiger partial charge >= 0.3 is 0 Å². The smallest absolute Gasteiger partial charge is 0.137 e. The molecule has 22 heavy (non-hydrogen) atoms. The fourth-order valence-corrected chi connectivity index (χ4v) is 4.29. The first kappa shape index (κ1) is 17.4. The third-order valence-corrected chi connectivity index (χ3v) is 5.08. The van der Waals surface area contributed by atoms with Crippen molar-refractivity contribution in [2.75, 3.05) is 0 Å². The molecule has 0 fully saturated rings. The van der Waals surface area contributed by atoms with Gasteiger partial charge < -0.3 is 9.88 Å². The van der Waals surface area contributed by atoms with Crippen LogP contribution >= 0.6 is 36.2 Å². The van der Waals surface area contributed by atoms with E-state index in [9.17, 15) is 0 Å². The molecule has 0 bridgehead atoms. The number of hydrogen-bond donors (Lipinski definition) is 1. The number of thiocarbonyl (C=S) groups is 1. The van der Waals surface area contributed by atoms with Gasteiger partial charge in [0.15, 0.2) is 0 Å². The molecule has 0 aliphatic heterocycles. The van der Waals surface area contributed by atoms with Crippen LogP contribution in [0.5, 0.6) is 0 Å². The van der Waals surface area contributed by atoms with Gasteiger partial charge in [-0.15, -0.1) is 0 Å². The summed E-state index contributed by atoms with van der Waals surface area (Å²) in [5.41, 5.74) is 1.02. The highest BCUT2D eigenvalue weighted by molar-refractivity contribution is 8.22. The first-order valence-corrected chi connectivity index (χ1v) is 9.13. The van der Waals surface area contributed by atoms with Crippen LogP contribution < -0.4 is 0 Å². The quantitative estimate of drug-likeness (QED) is 0.790. The molecule has 3 nitrogen and oxygen atoms in total. The van der Waals surface area contributed by atoms with Gasteiger partial charge in [0.1, 0.15) is 14.8 Å². The fourth-order valence-electron chi connectivity index (χ4n) is 2.44. The second-order valence-electron chi connectivity index (χ2n) is 5.68. The number of benzene rings is 1. The third kappa shape index (κ3) is 4.06. The van der Waals surface area contributed by atoms with Gasteiger partial charge in [-0.05, 0) is 39.8 Å². The molecule has 0 aliphatic carbocycles. The van der Waals surface area contributed by atoms with Gasteiger partial charge in [-0.2, -0.15) is 0 Å². The average molecular weight is 352 g/mol. The van der Waals surface area contributed by atoms with E-state index in [1.54, 1.807) is 11.8 Å². The Bertz CT molecular complexity index is 714. The SMILES string of the molecule is CC(C)N(C(=S)SCc1nc(=S)c2ccccc2[nH]1)C(C)C. The molecule has 118 valence electrons. The molecule has 0 saturated carbocycles. The van der Waals surface area contributed by atoms with Gasteiger partial charge in [0.05, 0.1) is 5.75 Å². The number of nitrogens with zero attached hydrogens (tertiary/aromatic N) is 2. The van der Waals surface area contributed by atoms with Gasteiger partial charge in [-0.3, -0.25) is 0 Å². The van der Waals surface area contributed by atoms with E-state index in [0.717, 1.165) is 21.0 Å². The van der Waals surface area contributed by atoms with E-state index in [0.29, 0.717) is 22.5 Å². The van der Waals surface area contributed by atoms with Crippen LogP contribution in [0.3, 0.4) is 0 Å². The minimum Gasteiger partial charge on any atom is -0.353 e. The summed E-state index contributed by atoms with van der Waals surface area (Å²) in [7, 11) is 0. The number of H-pyrrole nitrogens is 1. The maximum Gasteiger partial charge on any atom is 0.137 e. The molecule has 1 N–H and O–H groups in total. The topological polar surface area (TPSA) is 31.9 Å². The van der Waals surface area contributed by atoms with Gasteiger partial charge in [0.25, 0.3) is 0 Å². The van der Waals surface area contributed by atoms with E-state index in [2.05, 4.69) is 42.6 Å². The van der Waals surface area contributed by atoms with Crippen molar-refractivity contribution in [3.63, 3.8) is 0 Å². The number of aromatic nitrogens is 2. The number of para-hydroxylation sites is 1. The van der Waals surface area contributed by atoms with E-state index in [1.807, 2.05) is 24.3 Å². The van der Waals surface area contributed by atoms with Crippen molar-refractivity contribution in [3.8, 4) is 0 Å². The first-order valence-electron chi connectivity index (χ1n) is 7.33. The molecule has 0 unspecified atom stereocenters. The summed E-state index contributed by atoms with van der Waals surface area (Å²) in [5, 5.41) is 0.986. The van der Waals surface area contributed by atoms with E-state index < -0.39 is 0 Å². The molecule has 0 amide bonds. The van der Waals surface area contributed by atoms with Crippen LogP contribution in [0.25, 0.3) is 10.9 Å². The van der Waals surface area contributed by atoms with Crippen molar-refractivity contribution < 1.29 is 0 Å². The van der Waals surface area contributed by atoms with Crippen LogP contribution in [0.4, 0.5) is 0 Å². The van der Waals surface area contributed by atoms with Gasteiger partial charge in [-0.1, -0.05) is 48.3 Å². The van der Waals surface area contributed by atoms with E-state index in [4.69, 9.17) is 24.4 Å². The van der Waals surface area contributed by atoms with Crippen molar-refractivity contribution in [1.82, 2.24) is 14.9 Å². The second kappa shape index (κ2) is 7.53. The Labute approximate surface area is 146 Å². The number of nitrogens with one attached hydrogen (secondary N) is 1. The molecule has 0 saturated heterocycles. The maximum atomic E-state index is 5.58. The maximum absolute atomic E-state index is 5.58. The van der Waals surface area contributed by atoms with Crippen LogP contribution in [0.1, 0.15) is 33.5 Å². The monoisotopic (exact) mass is 351 g/mol. The van der Waals surface area contributed by atoms with Crippen LogP contribution in [-0.4, -0.2) is 31.3 Å². The lowest BCUT2D eigenvalue weighted by Gasteiger charge is -2.32. The van der Waals surface area contributed by atoms with Crippen LogP contribution in [0.2, 0.25) is 0 Å². The summed E-state index contributed by atoms with van der Waals surface area (Å²) >= 11 is 12.6. The predicted molar refractivity (Wildman–Crippen MR) is 103 cm³/mol. The Morgan fingerprint density at radius 3 is 2.50 bits per heavy atom. The Morgan fingerprint density at radius 1 is 1.23 bits per heavy atom. The molecule has 0 atom stereocenters. The molecule has 0 radical (unpaired) electrons. The Kier molecular flexibility index (Phi) is 5.94. The Hall–Kier alpha value is -0.980. The fraction of sp³-hybridized carbons (Fsp3) is 0.438. The number of rotatable bonds is 4. The first-order chi connectivity index (χ1) is 10.4. The number of fused-ring (bicyclic) bond motifs is 1. The second-order valence-corrected chi connectivity index (χ2v) is 7.68. The molecular formula is C16H21N3S3. The number of thioether (sulfide) groups is 1. The lowest BCUT2D eigenvalue weighted by molar-refractivity contribution is 0.303.